The molecule has 3 aliphatic rings. The lowest BCUT2D eigenvalue weighted by molar-refractivity contribution is -0.131. The molecule has 3 fully saturated rings. The highest BCUT2D eigenvalue weighted by Crippen LogP contribution is 2.35. The van der Waals surface area contributed by atoms with Gasteiger partial charge in [-0.05, 0) is 50.2 Å². The molecule has 7 nitrogen and oxygen atoms in total. The van der Waals surface area contributed by atoms with Gasteiger partial charge in [0.25, 0.3) is 5.91 Å². The first-order valence-electron chi connectivity index (χ1n) is 10.3. The van der Waals surface area contributed by atoms with Crippen molar-refractivity contribution in [3.05, 3.63) is 22.4 Å². The molecule has 1 aliphatic carbocycles. The van der Waals surface area contributed by atoms with Crippen molar-refractivity contribution in [2.45, 2.75) is 56.5 Å². The molecule has 0 bridgehead atoms. The van der Waals surface area contributed by atoms with Crippen molar-refractivity contribution in [1.82, 2.24) is 20.4 Å². The summed E-state index contributed by atoms with van der Waals surface area (Å²) in [7, 11) is 0. The van der Waals surface area contributed by atoms with E-state index >= 15 is 0 Å². The third kappa shape index (κ3) is 3.80. The topological polar surface area (TPSA) is 81.8 Å². The highest BCUT2D eigenvalue weighted by atomic mass is 32.1. The number of nitrogens with one attached hydrogen (secondary N) is 2. The molecule has 1 spiro atoms. The van der Waals surface area contributed by atoms with Gasteiger partial charge in [0.2, 0.25) is 5.91 Å². The van der Waals surface area contributed by atoms with Crippen molar-refractivity contribution >= 4 is 29.2 Å². The van der Waals surface area contributed by atoms with E-state index in [1.807, 2.05) is 6.07 Å². The molecule has 1 aromatic rings. The van der Waals surface area contributed by atoms with E-state index in [0.717, 1.165) is 25.9 Å². The minimum atomic E-state index is -0.701. The van der Waals surface area contributed by atoms with E-state index in [0.29, 0.717) is 19.4 Å². The first-order chi connectivity index (χ1) is 13.6. The zero-order valence-corrected chi connectivity index (χ0v) is 16.9. The molecule has 28 heavy (non-hydrogen) atoms. The molecule has 1 unspecified atom stereocenters. The highest BCUT2D eigenvalue weighted by molar-refractivity contribution is 7.10. The van der Waals surface area contributed by atoms with Crippen LogP contribution in [0.5, 0.6) is 0 Å². The van der Waals surface area contributed by atoms with Gasteiger partial charge in [-0.1, -0.05) is 18.9 Å². The predicted octanol–water partition coefficient (Wildman–Crippen LogP) is 2.26. The van der Waals surface area contributed by atoms with Crippen LogP contribution < -0.4 is 10.6 Å². The molecule has 8 heteroatoms. The molecule has 0 aromatic carbocycles. The predicted molar refractivity (Wildman–Crippen MR) is 107 cm³/mol. The smallest absolute Gasteiger partial charge is 0.325 e. The van der Waals surface area contributed by atoms with Crippen LogP contribution in [-0.2, 0) is 9.59 Å². The summed E-state index contributed by atoms with van der Waals surface area (Å²) in [6, 6.07) is 4.01. The monoisotopic (exact) mass is 404 g/mol. The fraction of sp³-hybridized carbons (Fsp3) is 0.650. The van der Waals surface area contributed by atoms with E-state index < -0.39 is 5.54 Å². The summed E-state index contributed by atoms with van der Waals surface area (Å²) in [5.41, 5.74) is -0.701. The van der Waals surface area contributed by atoms with Crippen molar-refractivity contribution in [2.24, 2.45) is 0 Å². The van der Waals surface area contributed by atoms with E-state index in [2.05, 4.69) is 27.0 Å². The Bertz CT molecular complexity index is 724. The molecule has 0 radical (unpaired) electrons. The van der Waals surface area contributed by atoms with Gasteiger partial charge >= 0.3 is 6.03 Å². The number of thiophene rings is 1. The van der Waals surface area contributed by atoms with Gasteiger partial charge in [0.05, 0.1) is 6.04 Å². The van der Waals surface area contributed by atoms with Gasteiger partial charge < -0.3 is 10.6 Å². The van der Waals surface area contributed by atoms with Gasteiger partial charge in [-0.25, -0.2) is 4.79 Å². The lowest BCUT2D eigenvalue weighted by Gasteiger charge is -2.27. The maximum Gasteiger partial charge on any atom is 0.325 e. The number of rotatable bonds is 7. The van der Waals surface area contributed by atoms with Gasteiger partial charge in [-0.2, -0.15) is 0 Å². The third-order valence-electron chi connectivity index (χ3n) is 6.21. The highest BCUT2D eigenvalue weighted by Gasteiger charge is 2.52. The fourth-order valence-electron chi connectivity index (χ4n) is 4.65. The van der Waals surface area contributed by atoms with E-state index in [1.165, 1.54) is 22.6 Å². The number of amides is 4. The summed E-state index contributed by atoms with van der Waals surface area (Å²) in [5.74, 6) is -0.273. The van der Waals surface area contributed by atoms with Crippen LogP contribution >= 0.6 is 11.3 Å². The van der Waals surface area contributed by atoms with Gasteiger partial charge in [0, 0.05) is 24.4 Å². The standard InChI is InChI=1S/C20H28N4O3S/c25-17(7-12-24-18(26)20(22-19(24)27)8-1-2-9-20)21-14-15(16-6-5-13-28-16)23-10-3-4-11-23/h5-6,13,15H,1-4,7-12,14H2,(H,21,25)(H,22,27). The second kappa shape index (κ2) is 8.21. The number of likely N-dealkylation sites (tertiary alicyclic amines) is 1. The van der Waals surface area contributed by atoms with Crippen LogP contribution in [0.2, 0.25) is 0 Å². The number of hydrogen-bond acceptors (Lipinski definition) is 5. The molecule has 4 amide bonds. The van der Waals surface area contributed by atoms with Crippen molar-refractivity contribution in [3.8, 4) is 0 Å². The number of nitrogens with zero attached hydrogens (tertiary/aromatic N) is 2. The van der Waals surface area contributed by atoms with Crippen molar-refractivity contribution in [3.63, 3.8) is 0 Å². The van der Waals surface area contributed by atoms with Crippen LogP contribution in [0.25, 0.3) is 0 Å². The molecule has 3 heterocycles. The van der Waals surface area contributed by atoms with Crippen LogP contribution in [0.4, 0.5) is 4.79 Å². The Morgan fingerprint density at radius 3 is 2.64 bits per heavy atom. The molecule has 2 saturated heterocycles. The van der Waals surface area contributed by atoms with Gasteiger partial charge in [0.1, 0.15) is 5.54 Å². The Kier molecular flexibility index (Phi) is 5.68. The van der Waals surface area contributed by atoms with E-state index in [9.17, 15) is 14.4 Å². The lowest BCUT2D eigenvalue weighted by atomic mass is 9.98. The van der Waals surface area contributed by atoms with E-state index in [1.54, 1.807) is 11.3 Å². The second-order valence-corrected chi connectivity index (χ2v) is 8.98. The molecule has 1 aromatic heterocycles. The fourth-order valence-corrected chi connectivity index (χ4v) is 5.51. The Morgan fingerprint density at radius 1 is 1.21 bits per heavy atom. The third-order valence-corrected chi connectivity index (χ3v) is 7.18. The van der Waals surface area contributed by atoms with Crippen LogP contribution in [0, 0.1) is 0 Å². The average molecular weight is 405 g/mol. The molecular weight excluding hydrogens is 376 g/mol. The first-order valence-corrected chi connectivity index (χ1v) is 11.2. The summed E-state index contributed by atoms with van der Waals surface area (Å²) in [6.45, 7) is 2.82. The minimum Gasteiger partial charge on any atom is -0.354 e. The van der Waals surface area contributed by atoms with E-state index in [4.69, 9.17) is 0 Å². The maximum atomic E-state index is 12.7. The molecule has 152 valence electrons. The molecule has 2 N–H and O–H groups in total. The van der Waals surface area contributed by atoms with Crippen molar-refractivity contribution < 1.29 is 14.4 Å². The summed E-state index contributed by atoms with van der Waals surface area (Å²) < 4.78 is 0. The lowest BCUT2D eigenvalue weighted by Crippen LogP contribution is -2.44. The number of urea groups is 1. The largest absolute Gasteiger partial charge is 0.354 e. The van der Waals surface area contributed by atoms with E-state index in [-0.39, 0.29) is 36.9 Å². The van der Waals surface area contributed by atoms with Crippen molar-refractivity contribution in [2.75, 3.05) is 26.2 Å². The van der Waals surface area contributed by atoms with Crippen LogP contribution in [0.3, 0.4) is 0 Å². The van der Waals surface area contributed by atoms with Gasteiger partial charge in [-0.3, -0.25) is 19.4 Å². The molecular formula is C20H28N4O3S. The summed E-state index contributed by atoms with van der Waals surface area (Å²) >= 11 is 1.72. The SMILES string of the molecule is O=C(CCN1C(=O)NC2(CCCC2)C1=O)NCC(c1cccs1)N1CCCC1. The summed E-state index contributed by atoms with van der Waals surface area (Å²) in [5, 5.41) is 7.94. The maximum absolute atomic E-state index is 12.7. The molecule has 2 aliphatic heterocycles. The molecule has 1 saturated carbocycles. The van der Waals surface area contributed by atoms with Crippen molar-refractivity contribution in [1.29, 1.82) is 0 Å². The Morgan fingerprint density at radius 2 is 1.96 bits per heavy atom. The second-order valence-electron chi connectivity index (χ2n) is 8.00. The normalized spacial score (nSPS) is 22.8. The number of hydrogen-bond donors (Lipinski definition) is 2. The van der Waals surface area contributed by atoms with Crippen LogP contribution in [0.15, 0.2) is 17.5 Å². The number of imide groups is 1. The quantitative estimate of drug-likeness (QED) is 0.683. The average Bonchev–Trinajstić information content (AvgIpc) is 3.46. The summed E-state index contributed by atoms with van der Waals surface area (Å²) in [6.07, 6.45) is 5.87. The Hall–Kier alpha value is -1.93. The molecule has 4 rings (SSSR count). The number of carbonyl (C=O) groups excluding carboxylic acids is 3. The minimum absolute atomic E-state index is 0.117. The zero-order chi connectivity index (χ0) is 19.6. The zero-order valence-electron chi connectivity index (χ0n) is 16.1. The van der Waals surface area contributed by atoms with Crippen LogP contribution in [-0.4, -0.2) is 59.4 Å². The van der Waals surface area contributed by atoms with Crippen LogP contribution in [0.1, 0.15) is 55.9 Å². The Labute approximate surface area is 169 Å². The Balaban J connectivity index is 1.29. The van der Waals surface area contributed by atoms with Gasteiger partial charge in [-0.15, -0.1) is 11.3 Å². The first kappa shape index (κ1) is 19.4. The molecule has 1 atom stereocenters. The number of carbonyl (C=O) groups is 3. The van der Waals surface area contributed by atoms with Gasteiger partial charge in [0.15, 0.2) is 0 Å². The summed E-state index contributed by atoms with van der Waals surface area (Å²) in [4.78, 5) is 42.2.